The number of rotatable bonds is 2. The summed E-state index contributed by atoms with van der Waals surface area (Å²) >= 11 is 0. The van der Waals surface area contributed by atoms with E-state index in [9.17, 15) is 9.59 Å². The maximum absolute atomic E-state index is 11.3. The first kappa shape index (κ1) is 13.8. The van der Waals surface area contributed by atoms with Gasteiger partial charge in [-0.3, -0.25) is 4.79 Å². The quantitative estimate of drug-likeness (QED) is 0.618. The molecule has 0 aliphatic heterocycles. The molecule has 0 spiro atoms. The van der Waals surface area contributed by atoms with E-state index in [1.165, 1.54) is 0 Å². The Bertz CT molecular complexity index is 486. The van der Waals surface area contributed by atoms with E-state index in [1.54, 1.807) is 33.0 Å². The zero-order valence-electron chi connectivity index (χ0n) is 10.7. The molecule has 1 amide bonds. The van der Waals surface area contributed by atoms with Gasteiger partial charge in [0.15, 0.2) is 6.29 Å². The first-order valence-electron chi connectivity index (χ1n) is 5.50. The van der Waals surface area contributed by atoms with Crippen molar-refractivity contribution in [3.63, 3.8) is 0 Å². The minimum atomic E-state index is -0.517. The predicted molar refractivity (Wildman–Crippen MR) is 67.3 cm³/mol. The highest BCUT2D eigenvalue weighted by atomic mass is 16.6. The van der Waals surface area contributed by atoms with Crippen LogP contribution < -0.4 is 5.32 Å². The summed E-state index contributed by atoms with van der Waals surface area (Å²) < 4.78 is 5.04. The van der Waals surface area contributed by atoms with Crippen molar-refractivity contribution in [2.45, 2.75) is 26.4 Å². The molecule has 1 rings (SSSR count). The van der Waals surface area contributed by atoms with Crippen molar-refractivity contribution < 1.29 is 14.3 Å². The van der Waals surface area contributed by atoms with Gasteiger partial charge in [-0.2, -0.15) is 0 Å². The van der Waals surface area contributed by atoms with Crippen LogP contribution in [0.2, 0.25) is 0 Å². The molecule has 0 saturated heterocycles. The van der Waals surface area contributed by atoms with Gasteiger partial charge in [0.2, 0.25) is 0 Å². The number of ether oxygens (including phenoxy) is 1. The number of alkyl carbamates (subject to hydrolysis) is 1. The van der Waals surface area contributed by atoms with Crippen LogP contribution in [-0.4, -0.2) is 29.5 Å². The molecule has 1 heterocycles. The molecule has 0 atom stereocenters. The second kappa shape index (κ2) is 5.92. The van der Waals surface area contributed by atoms with Crippen molar-refractivity contribution in [3.05, 3.63) is 23.5 Å². The third kappa shape index (κ3) is 5.21. The lowest BCUT2D eigenvalue weighted by atomic mass is 10.2. The number of hydrogen-bond acceptors (Lipinski definition) is 3. The molecule has 1 aromatic rings. The smallest absolute Gasteiger partial charge is 0.408 e. The van der Waals surface area contributed by atoms with Crippen molar-refractivity contribution in [3.8, 4) is 11.8 Å². The highest BCUT2D eigenvalue weighted by Crippen LogP contribution is 2.06. The molecule has 5 nitrogen and oxygen atoms in total. The van der Waals surface area contributed by atoms with Gasteiger partial charge in [0.05, 0.1) is 12.2 Å². The van der Waals surface area contributed by atoms with Crippen molar-refractivity contribution in [2.75, 3.05) is 6.54 Å². The first-order valence-corrected chi connectivity index (χ1v) is 5.50. The molecule has 0 aliphatic carbocycles. The summed E-state index contributed by atoms with van der Waals surface area (Å²) in [5, 5.41) is 2.52. The van der Waals surface area contributed by atoms with Gasteiger partial charge in [-0.05, 0) is 26.8 Å². The Labute approximate surface area is 106 Å². The van der Waals surface area contributed by atoms with E-state index in [1.807, 2.05) is 0 Å². The van der Waals surface area contributed by atoms with Crippen LogP contribution in [0.15, 0.2) is 12.3 Å². The molecule has 0 bridgehead atoms. The Morgan fingerprint density at radius 2 is 2.28 bits per heavy atom. The Kier molecular flexibility index (Phi) is 4.55. The maximum Gasteiger partial charge on any atom is 0.408 e. The molecule has 0 aromatic carbocycles. The van der Waals surface area contributed by atoms with Crippen molar-refractivity contribution in [2.24, 2.45) is 0 Å². The number of H-pyrrole nitrogens is 1. The molecule has 0 unspecified atom stereocenters. The minimum Gasteiger partial charge on any atom is -0.444 e. The Morgan fingerprint density at radius 1 is 1.56 bits per heavy atom. The van der Waals surface area contributed by atoms with Crippen molar-refractivity contribution in [1.29, 1.82) is 0 Å². The van der Waals surface area contributed by atoms with E-state index in [-0.39, 0.29) is 6.54 Å². The molecule has 1 aromatic heterocycles. The summed E-state index contributed by atoms with van der Waals surface area (Å²) in [6, 6.07) is 1.63. The largest absolute Gasteiger partial charge is 0.444 e. The Balaban J connectivity index is 2.38. The highest BCUT2D eigenvalue weighted by molar-refractivity contribution is 5.73. The number of nitrogens with one attached hydrogen (secondary N) is 2. The number of aldehydes is 1. The highest BCUT2D eigenvalue weighted by Gasteiger charge is 2.14. The molecular formula is C13H16N2O3. The predicted octanol–water partition coefficient (Wildman–Crippen LogP) is 1.70. The minimum absolute atomic E-state index is 0.191. The van der Waals surface area contributed by atoms with Crippen LogP contribution in [0, 0.1) is 11.8 Å². The average Bonchev–Trinajstić information content (AvgIpc) is 2.70. The van der Waals surface area contributed by atoms with E-state index in [4.69, 9.17) is 4.74 Å². The average molecular weight is 248 g/mol. The van der Waals surface area contributed by atoms with Gasteiger partial charge in [0, 0.05) is 11.8 Å². The van der Waals surface area contributed by atoms with Crippen LogP contribution in [0.1, 0.15) is 36.8 Å². The molecule has 5 heteroatoms. The molecule has 0 aliphatic rings. The molecular weight excluding hydrogens is 232 g/mol. The summed E-state index contributed by atoms with van der Waals surface area (Å²) in [6.45, 7) is 5.56. The molecule has 0 radical (unpaired) electrons. The van der Waals surface area contributed by atoms with Gasteiger partial charge in [0.25, 0.3) is 0 Å². The van der Waals surface area contributed by atoms with Crippen LogP contribution >= 0.6 is 0 Å². The topological polar surface area (TPSA) is 71.2 Å². The summed E-state index contributed by atoms with van der Waals surface area (Å²) in [5.41, 5.74) is 0.652. The summed E-state index contributed by atoms with van der Waals surface area (Å²) in [5.74, 6) is 5.57. The molecule has 18 heavy (non-hydrogen) atoms. The lowest BCUT2D eigenvalue weighted by Gasteiger charge is -2.18. The van der Waals surface area contributed by atoms with Crippen LogP contribution in [0.3, 0.4) is 0 Å². The molecule has 96 valence electrons. The fraction of sp³-hybridized carbons (Fsp3) is 0.385. The third-order valence-corrected chi connectivity index (χ3v) is 1.79. The number of carbonyl (C=O) groups excluding carboxylic acids is 2. The summed E-state index contributed by atoms with van der Waals surface area (Å²) in [6.07, 6.45) is 1.84. The van der Waals surface area contributed by atoms with Crippen molar-refractivity contribution >= 4 is 12.4 Å². The fourth-order valence-corrected chi connectivity index (χ4v) is 1.13. The second-order valence-corrected chi connectivity index (χ2v) is 4.62. The normalized spacial score (nSPS) is 10.2. The van der Waals surface area contributed by atoms with Gasteiger partial charge in [-0.15, -0.1) is 0 Å². The van der Waals surface area contributed by atoms with E-state index >= 15 is 0 Å². The van der Waals surface area contributed by atoms with Gasteiger partial charge in [-0.25, -0.2) is 4.79 Å². The van der Waals surface area contributed by atoms with Crippen LogP contribution in [0.5, 0.6) is 0 Å². The molecule has 2 N–H and O–H groups in total. The SMILES string of the molecule is CC(C)(C)OC(=O)NCC#Cc1c[nH]c(C=O)c1. The van der Waals surface area contributed by atoms with Crippen LogP contribution in [0.25, 0.3) is 0 Å². The maximum atomic E-state index is 11.3. The lowest BCUT2D eigenvalue weighted by molar-refractivity contribution is 0.0535. The van der Waals surface area contributed by atoms with Crippen LogP contribution in [-0.2, 0) is 4.74 Å². The molecule has 0 fully saturated rings. The van der Waals surface area contributed by atoms with E-state index in [0.29, 0.717) is 17.5 Å². The Hall–Kier alpha value is -2.22. The number of carbonyl (C=O) groups is 2. The van der Waals surface area contributed by atoms with Crippen molar-refractivity contribution in [1.82, 2.24) is 10.3 Å². The number of aromatic nitrogens is 1. The summed E-state index contributed by atoms with van der Waals surface area (Å²) in [7, 11) is 0. The third-order valence-electron chi connectivity index (χ3n) is 1.79. The second-order valence-electron chi connectivity index (χ2n) is 4.62. The molecule has 0 saturated carbocycles. The van der Waals surface area contributed by atoms with E-state index in [0.717, 1.165) is 0 Å². The summed E-state index contributed by atoms with van der Waals surface area (Å²) in [4.78, 5) is 24.4. The number of aromatic amines is 1. The number of hydrogen-bond donors (Lipinski definition) is 2. The van der Waals surface area contributed by atoms with Gasteiger partial charge in [-0.1, -0.05) is 11.8 Å². The Morgan fingerprint density at radius 3 is 2.83 bits per heavy atom. The fourth-order valence-electron chi connectivity index (χ4n) is 1.13. The van der Waals surface area contributed by atoms with E-state index < -0.39 is 11.7 Å². The van der Waals surface area contributed by atoms with Gasteiger partial charge < -0.3 is 15.0 Å². The lowest BCUT2D eigenvalue weighted by Crippen LogP contribution is -2.32. The van der Waals surface area contributed by atoms with Crippen LogP contribution in [0.4, 0.5) is 4.79 Å². The standard InChI is InChI=1S/C13H16N2O3/c1-13(2,3)18-12(17)14-6-4-5-10-7-11(9-16)15-8-10/h7-9,15H,6H2,1-3H3,(H,14,17). The monoisotopic (exact) mass is 248 g/mol. The zero-order chi connectivity index (χ0) is 13.6. The van der Waals surface area contributed by atoms with Gasteiger partial charge in [0.1, 0.15) is 5.60 Å². The van der Waals surface area contributed by atoms with Gasteiger partial charge >= 0.3 is 6.09 Å². The first-order chi connectivity index (χ1) is 8.40. The van der Waals surface area contributed by atoms with E-state index in [2.05, 4.69) is 22.1 Å². The number of amides is 1. The zero-order valence-corrected chi connectivity index (χ0v) is 10.7.